The number of hydrogen-bond acceptors (Lipinski definition) is 3. The quantitative estimate of drug-likeness (QED) is 0.632. The van der Waals surface area contributed by atoms with Crippen molar-refractivity contribution in [1.29, 1.82) is 0 Å². The first kappa shape index (κ1) is 9.66. The molecular weight excluding hydrogens is 184 g/mol. The maximum atomic E-state index is 10.6. The van der Waals surface area contributed by atoms with Crippen molar-refractivity contribution in [1.82, 2.24) is 0 Å². The second-order valence-corrected chi connectivity index (χ2v) is 3.76. The van der Waals surface area contributed by atoms with Crippen LogP contribution >= 0.6 is 0 Å². The van der Waals surface area contributed by atoms with E-state index in [-0.39, 0.29) is 4.68 Å². The molecule has 0 heterocycles. The van der Waals surface area contributed by atoms with Crippen molar-refractivity contribution in [3.05, 3.63) is 0 Å². The van der Waals surface area contributed by atoms with Gasteiger partial charge in [0, 0.05) is 0 Å². The van der Waals surface area contributed by atoms with Gasteiger partial charge in [0.15, 0.2) is 0 Å². The molecule has 0 bridgehead atoms. The summed E-state index contributed by atoms with van der Waals surface area (Å²) >= 11 is -0.737. The van der Waals surface area contributed by atoms with E-state index in [0.717, 1.165) is 0 Å². The molecule has 0 spiro atoms. The van der Waals surface area contributed by atoms with Gasteiger partial charge in [-0.05, 0) is 0 Å². The van der Waals surface area contributed by atoms with Crippen molar-refractivity contribution < 1.29 is 27.6 Å². The molecule has 0 aromatic heterocycles. The van der Waals surface area contributed by atoms with E-state index in [9.17, 15) is 9.59 Å². The first-order valence-corrected chi connectivity index (χ1v) is 4.33. The van der Waals surface area contributed by atoms with Crippen LogP contribution in [0.4, 0.5) is 0 Å². The van der Waals surface area contributed by atoms with Crippen molar-refractivity contribution in [2.45, 2.75) is 26.1 Å². The first-order chi connectivity index (χ1) is 4.57. The molecule has 10 heavy (non-hydrogen) atoms. The van der Waals surface area contributed by atoms with Crippen LogP contribution in [-0.2, 0) is 27.6 Å². The molecule has 64 valence electrons. The van der Waals surface area contributed by atoms with E-state index >= 15 is 0 Å². The molecule has 0 aliphatic heterocycles. The van der Waals surface area contributed by atoms with E-state index in [4.69, 9.17) is 3.82 Å². The van der Waals surface area contributed by atoms with Crippen molar-refractivity contribution in [3.8, 4) is 0 Å². The Kier molecular flexibility index (Phi) is 4.32. The van der Waals surface area contributed by atoms with E-state index in [0.29, 0.717) is 5.32 Å². The molecule has 0 aromatic rings. The molecule has 0 saturated carbocycles. The van der Waals surface area contributed by atoms with Gasteiger partial charge in [-0.2, -0.15) is 0 Å². The van der Waals surface area contributed by atoms with Gasteiger partial charge in [-0.3, -0.25) is 0 Å². The molecule has 0 rings (SSSR count). The Labute approximate surface area is 65.0 Å². The third-order valence-corrected chi connectivity index (χ3v) is 2.44. The van der Waals surface area contributed by atoms with E-state index in [1.54, 1.807) is 0 Å². The third kappa shape index (κ3) is 3.64. The summed E-state index contributed by atoms with van der Waals surface area (Å²) < 4.78 is 4.61. The van der Waals surface area contributed by atoms with E-state index in [2.05, 4.69) is 0 Å². The normalized spacial score (nSPS) is 10.5. The van der Waals surface area contributed by atoms with Crippen molar-refractivity contribution in [2.75, 3.05) is 0 Å². The fourth-order valence-corrected chi connectivity index (χ4v) is 1.41. The molecule has 0 saturated heterocycles. The molecule has 0 atom stereocenters. The number of rotatable bonds is 3. The van der Waals surface area contributed by atoms with E-state index in [1.807, 2.05) is 6.92 Å². The first-order valence-electron chi connectivity index (χ1n) is 2.81. The van der Waals surface area contributed by atoms with Gasteiger partial charge in [0.1, 0.15) is 0 Å². The van der Waals surface area contributed by atoms with Crippen LogP contribution in [0.15, 0.2) is 0 Å². The molecule has 0 fully saturated rings. The van der Waals surface area contributed by atoms with Gasteiger partial charge in [-0.15, -0.1) is 0 Å². The Morgan fingerprint density at radius 1 is 1.40 bits per heavy atom. The fourth-order valence-electron chi connectivity index (χ4n) is 0.342. The summed E-state index contributed by atoms with van der Waals surface area (Å²) in [6, 6.07) is 0. The van der Waals surface area contributed by atoms with Crippen LogP contribution in [0, 0.1) is 0 Å². The molecule has 0 aromatic carbocycles. The maximum absolute atomic E-state index is 10.6. The Balaban J connectivity index is 3.83. The minimum absolute atomic E-state index is 0.0785. The summed E-state index contributed by atoms with van der Waals surface area (Å²) in [5.41, 5.74) is 0. The second kappa shape index (κ2) is 4.47. The van der Waals surface area contributed by atoms with Crippen LogP contribution in [0.1, 0.15) is 20.8 Å². The summed E-state index contributed by atoms with van der Waals surface area (Å²) in [6.45, 7) is 4.54. The van der Waals surface area contributed by atoms with E-state index in [1.165, 1.54) is 13.8 Å². The average Bonchev–Trinajstić information content (AvgIpc) is 1.81. The van der Waals surface area contributed by atoms with Crippen LogP contribution in [0.3, 0.4) is 0 Å². The zero-order valence-corrected chi connectivity index (χ0v) is 7.18. The summed E-state index contributed by atoms with van der Waals surface area (Å²) in [5, 5.41) is 0.571. The molecule has 0 amide bonds. The fraction of sp³-hybridized carbons (Fsp3) is 0.667. The summed E-state index contributed by atoms with van der Waals surface area (Å²) in [6.07, 6.45) is 0. The van der Waals surface area contributed by atoms with Crippen molar-refractivity contribution in [3.63, 3.8) is 0 Å². The molecule has 0 aliphatic carbocycles. The zero-order valence-electron chi connectivity index (χ0n) is 6.23. The van der Waals surface area contributed by atoms with Gasteiger partial charge < -0.3 is 0 Å². The molecule has 0 unspecified atom stereocenters. The van der Waals surface area contributed by atoms with Crippen LogP contribution in [0.2, 0.25) is 5.32 Å². The Morgan fingerprint density at radius 3 is 2.00 bits per heavy atom. The molecule has 0 aliphatic rings. The molecule has 0 radical (unpaired) electrons. The summed E-state index contributed by atoms with van der Waals surface area (Å²) in [4.78, 5) is 21.0. The summed E-state index contributed by atoms with van der Waals surface area (Å²) in [5.74, 6) is -0.392. The average molecular weight is 195 g/mol. The summed E-state index contributed by atoms with van der Waals surface area (Å²) in [7, 11) is 0. The number of carbonyl (C=O) groups is 2. The Morgan fingerprint density at radius 2 is 1.90 bits per heavy atom. The number of hydrogen-bond donors (Lipinski definition) is 0. The molecule has 0 N–H and O–H groups in total. The van der Waals surface area contributed by atoms with Crippen LogP contribution in [0.5, 0.6) is 0 Å². The van der Waals surface area contributed by atoms with Gasteiger partial charge in [0.05, 0.1) is 0 Å². The van der Waals surface area contributed by atoms with Crippen LogP contribution in [-0.4, -0.2) is 10.7 Å². The van der Waals surface area contributed by atoms with Crippen molar-refractivity contribution in [2.24, 2.45) is 0 Å². The van der Waals surface area contributed by atoms with Gasteiger partial charge in [-0.25, -0.2) is 0 Å². The Bertz CT molecular complexity index is 144. The van der Waals surface area contributed by atoms with Crippen LogP contribution in [0.25, 0.3) is 0 Å². The van der Waals surface area contributed by atoms with Crippen molar-refractivity contribution >= 4 is 10.7 Å². The molecule has 4 heteroatoms. The van der Waals surface area contributed by atoms with E-state index < -0.39 is 20.2 Å². The minimum atomic E-state index is -0.737. The van der Waals surface area contributed by atoms with Gasteiger partial charge in [0.2, 0.25) is 0 Å². The third-order valence-electron chi connectivity index (χ3n) is 0.591. The monoisotopic (exact) mass is 194 g/mol. The molecule has 3 nitrogen and oxygen atoms in total. The van der Waals surface area contributed by atoms with Crippen LogP contribution < -0.4 is 0 Å². The van der Waals surface area contributed by atoms with Gasteiger partial charge in [-0.1, -0.05) is 0 Å². The number of carbonyl (C=O) groups excluding carboxylic acids is 2. The standard InChI is InChI=1S/C2H4O2.C2H3O.C2H5.Cu/c1-2(3)4;1-2-3;1-2;/h1H3,(H,3,4);1H3;1H2,2H3;/q;;;+1/p-1. The SMILES string of the molecule is C[CH2][Cu]([O]C(C)=O)[C](C)=O. The topological polar surface area (TPSA) is 43.4 Å². The predicted molar refractivity (Wildman–Crippen MR) is 32.9 cm³/mol. The van der Waals surface area contributed by atoms with Gasteiger partial charge in [0.25, 0.3) is 0 Å². The van der Waals surface area contributed by atoms with Gasteiger partial charge >= 0.3 is 64.4 Å². The second-order valence-electron chi connectivity index (χ2n) is 1.44. The Hall–Kier alpha value is -0.341. The molecular formula is C6H11CuO3. The predicted octanol–water partition coefficient (Wildman–Crippen LogP) is 1.07. The zero-order chi connectivity index (χ0) is 8.15.